The Morgan fingerprint density at radius 1 is 0.600 bits per heavy atom. The standard InChI is InChI=1S/C37H42O6P2/c1-24-17-28(34(30(19-24)36(3,4)5)42-44-38-22-26-13-9-11-15-32(26)40-44)21-29-18-25(2)20-31(37(6,7)8)35(29)43-45-39-23-27-14-10-12-16-33(27)41-45/h9-20H,21-23H2,1-8H3. The molecule has 0 amide bonds. The van der Waals surface area contributed by atoms with E-state index in [1.165, 1.54) is 0 Å². The van der Waals surface area contributed by atoms with Crippen molar-refractivity contribution in [3.63, 3.8) is 0 Å². The van der Waals surface area contributed by atoms with Gasteiger partial charge in [-0.1, -0.05) is 113 Å². The molecule has 0 N–H and O–H groups in total. The highest BCUT2D eigenvalue weighted by atomic mass is 31.2. The van der Waals surface area contributed by atoms with E-state index in [2.05, 4.69) is 79.7 Å². The largest absolute Gasteiger partial charge is 0.463 e. The summed E-state index contributed by atoms with van der Waals surface area (Å²) in [6, 6.07) is 24.7. The van der Waals surface area contributed by atoms with E-state index in [4.69, 9.17) is 27.1 Å². The van der Waals surface area contributed by atoms with E-state index in [1.54, 1.807) is 0 Å². The summed E-state index contributed by atoms with van der Waals surface area (Å²) in [5.74, 6) is 3.21. The van der Waals surface area contributed by atoms with Crippen molar-refractivity contribution in [2.75, 3.05) is 0 Å². The number of rotatable bonds is 6. The first-order valence-electron chi connectivity index (χ1n) is 15.4. The van der Waals surface area contributed by atoms with Crippen molar-refractivity contribution in [2.45, 2.75) is 85.9 Å². The minimum Gasteiger partial charge on any atom is -0.417 e. The Labute approximate surface area is 270 Å². The summed E-state index contributed by atoms with van der Waals surface area (Å²) in [4.78, 5) is 0. The molecule has 0 saturated heterocycles. The number of benzene rings is 4. The zero-order valence-corrected chi connectivity index (χ0v) is 29.2. The van der Waals surface area contributed by atoms with E-state index < -0.39 is 17.2 Å². The second kappa shape index (κ2) is 12.6. The Hall–Kier alpha value is -3.14. The van der Waals surface area contributed by atoms with Crippen LogP contribution in [0.15, 0.2) is 72.8 Å². The molecule has 4 aromatic carbocycles. The van der Waals surface area contributed by atoms with E-state index in [-0.39, 0.29) is 10.8 Å². The maximum Gasteiger partial charge on any atom is 0.463 e. The summed E-state index contributed by atoms with van der Waals surface area (Å²) in [5, 5.41) is 0. The third-order valence-electron chi connectivity index (χ3n) is 7.89. The summed E-state index contributed by atoms with van der Waals surface area (Å²) >= 11 is 0. The smallest absolute Gasteiger partial charge is 0.417 e. The third kappa shape index (κ3) is 7.16. The first-order chi connectivity index (χ1) is 21.3. The summed E-state index contributed by atoms with van der Waals surface area (Å²) in [7, 11) is -3.29. The second-order valence-electron chi connectivity index (χ2n) is 13.9. The Bertz CT molecular complexity index is 1580. The third-order valence-corrected chi connectivity index (χ3v) is 9.93. The molecule has 0 spiro atoms. The van der Waals surface area contributed by atoms with Crippen molar-refractivity contribution in [3.05, 3.63) is 117 Å². The second-order valence-corrected chi connectivity index (χ2v) is 16.0. The molecule has 0 saturated carbocycles. The van der Waals surface area contributed by atoms with Gasteiger partial charge in [-0.05, 0) is 47.9 Å². The maximum absolute atomic E-state index is 6.72. The van der Waals surface area contributed by atoms with Crippen molar-refractivity contribution >= 4 is 17.2 Å². The van der Waals surface area contributed by atoms with Gasteiger partial charge >= 0.3 is 17.2 Å². The minimum atomic E-state index is -1.64. The first-order valence-corrected chi connectivity index (χ1v) is 17.6. The van der Waals surface area contributed by atoms with Gasteiger partial charge in [0.05, 0.1) is 13.2 Å². The van der Waals surface area contributed by atoms with E-state index in [1.807, 2.05) is 48.5 Å². The Kier molecular flexibility index (Phi) is 8.89. The Balaban J connectivity index is 1.40. The van der Waals surface area contributed by atoms with Gasteiger partial charge in [-0.25, -0.2) is 0 Å². The quantitative estimate of drug-likeness (QED) is 0.195. The molecule has 0 fully saturated rings. The van der Waals surface area contributed by atoms with Gasteiger partial charge in [0.2, 0.25) is 0 Å². The lowest BCUT2D eigenvalue weighted by Crippen LogP contribution is -2.17. The molecule has 236 valence electrons. The van der Waals surface area contributed by atoms with Gasteiger partial charge in [0.25, 0.3) is 0 Å². The molecule has 2 unspecified atom stereocenters. The number of hydrogen-bond acceptors (Lipinski definition) is 6. The molecule has 45 heavy (non-hydrogen) atoms. The molecule has 0 radical (unpaired) electrons. The van der Waals surface area contributed by atoms with Crippen LogP contribution in [0.25, 0.3) is 0 Å². The SMILES string of the molecule is Cc1cc(Cc2cc(C)cc(C(C)(C)C)c2OP2OCc3ccccc3O2)c(OP2OCc3ccccc3O2)c(C(C)(C)C)c1. The number of hydrogen-bond donors (Lipinski definition) is 0. The predicted molar refractivity (Wildman–Crippen MR) is 181 cm³/mol. The normalized spacial score (nSPS) is 17.9. The van der Waals surface area contributed by atoms with Crippen molar-refractivity contribution < 1.29 is 27.1 Å². The molecule has 8 heteroatoms. The van der Waals surface area contributed by atoms with E-state index in [0.29, 0.717) is 19.6 Å². The van der Waals surface area contributed by atoms with Gasteiger partial charge < -0.3 is 18.1 Å². The number of fused-ring (bicyclic) bond motifs is 2. The predicted octanol–water partition coefficient (Wildman–Crippen LogP) is 10.9. The van der Waals surface area contributed by atoms with Crippen LogP contribution in [0.2, 0.25) is 0 Å². The van der Waals surface area contributed by atoms with Gasteiger partial charge in [0, 0.05) is 28.7 Å². The van der Waals surface area contributed by atoms with Crippen molar-refractivity contribution in [1.29, 1.82) is 0 Å². The monoisotopic (exact) mass is 644 g/mol. The fourth-order valence-corrected chi connectivity index (χ4v) is 7.80. The van der Waals surface area contributed by atoms with Crippen LogP contribution >= 0.6 is 17.2 Å². The van der Waals surface area contributed by atoms with E-state index in [9.17, 15) is 0 Å². The highest BCUT2D eigenvalue weighted by Crippen LogP contribution is 2.53. The molecule has 2 atom stereocenters. The van der Waals surface area contributed by atoms with Crippen molar-refractivity contribution in [2.24, 2.45) is 0 Å². The van der Waals surface area contributed by atoms with Crippen LogP contribution in [0.3, 0.4) is 0 Å². The lowest BCUT2D eigenvalue weighted by molar-refractivity contribution is 0.231. The lowest BCUT2D eigenvalue weighted by atomic mass is 9.81. The summed E-state index contributed by atoms with van der Waals surface area (Å²) in [5.41, 5.74) is 8.33. The average molecular weight is 645 g/mol. The van der Waals surface area contributed by atoms with Gasteiger partial charge in [0.15, 0.2) is 0 Å². The van der Waals surface area contributed by atoms with Crippen LogP contribution in [0.5, 0.6) is 23.0 Å². The molecule has 2 aliphatic rings. The van der Waals surface area contributed by atoms with E-state index in [0.717, 1.165) is 67.5 Å². The van der Waals surface area contributed by atoms with Crippen LogP contribution in [0.4, 0.5) is 0 Å². The average Bonchev–Trinajstić information content (AvgIpc) is 2.98. The fraction of sp³-hybridized carbons (Fsp3) is 0.351. The maximum atomic E-state index is 6.72. The van der Waals surface area contributed by atoms with Crippen LogP contribution in [-0.4, -0.2) is 0 Å². The highest BCUT2D eigenvalue weighted by Gasteiger charge is 2.33. The van der Waals surface area contributed by atoms with Gasteiger partial charge in [-0.3, -0.25) is 9.05 Å². The molecular formula is C37H42O6P2. The van der Waals surface area contributed by atoms with Crippen LogP contribution in [0, 0.1) is 13.8 Å². The lowest BCUT2D eigenvalue weighted by Gasteiger charge is -2.31. The molecule has 0 aliphatic carbocycles. The molecule has 6 nitrogen and oxygen atoms in total. The fourth-order valence-electron chi connectivity index (χ4n) is 5.62. The molecule has 4 aromatic rings. The molecule has 0 bridgehead atoms. The molecule has 2 aliphatic heterocycles. The van der Waals surface area contributed by atoms with Crippen LogP contribution in [0.1, 0.15) is 86.1 Å². The summed E-state index contributed by atoms with van der Waals surface area (Å²) in [6.07, 6.45) is 0.583. The zero-order valence-electron chi connectivity index (χ0n) is 27.4. The Morgan fingerprint density at radius 2 is 1.00 bits per heavy atom. The molecule has 2 heterocycles. The van der Waals surface area contributed by atoms with Gasteiger partial charge in [-0.15, -0.1) is 0 Å². The van der Waals surface area contributed by atoms with E-state index >= 15 is 0 Å². The topological polar surface area (TPSA) is 55.4 Å². The summed E-state index contributed by atoms with van der Waals surface area (Å²) in [6.45, 7) is 18.4. The van der Waals surface area contributed by atoms with Crippen LogP contribution < -0.4 is 18.1 Å². The zero-order chi connectivity index (χ0) is 31.9. The van der Waals surface area contributed by atoms with Crippen LogP contribution in [-0.2, 0) is 39.5 Å². The molecule has 0 aromatic heterocycles. The number of aryl methyl sites for hydroxylation is 2. The molecular weight excluding hydrogens is 602 g/mol. The van der Waals surface area contributed by atoms with Gasteiger partial charge in [0.1, 0.15) is 23.0 Å². The minimum absolute atomic E-state index is 0.179. The Morgan fingerprint density at radius 3 is 1.40 bits per heavy atom. The van der Waals surface area contributed by atoms with Gasteiger partial charge in [-0.2, -0.15) is 0 Å². The first kappa shape index (κ1) is 31.8. The summed E-state index contributed by atoms with van der Waals surface area (Å²) < 4.78 is 38.1. The number of para-hydroxylation sites is 2. The van der Waals surface area contributed by atoms with Crippen molar-refractivity contribution in [3.8, 4) is 23.0 Å². The van der Waals surface area contributed by atoms with Crippen molar-refractivity contribution in [1.82, 2.24) is 0 Å². The molecule has 6 rings (SSSR count). The highest BCUT2D eigenvalue weighted by molar-refractivity contribution is 7.43.